The van der Waals surface area contributed by atoms with Gasteiger partial charge in [0, 0.05) is 41.4 Å². The molecule has 36 heavy (non-hydrogen) atoms. The molecule has 8 nitrogen and oxygen atoms in total. The highest BCUT2D eigenvalue weighted by Gasteiger charge is 2.26. The number of nitriles is 1. The van der Waals surface area contributed by atoms with E-state index in [0.29, 0.717) is 12.2 Å². The number of aryl methyl sites for hydroxylation is 1. The summed E-state index contributed by atoms with van der Waals surface area (Å²) in [5, 5.41) is 19.5. The zero-order valence-corrected chi connectivity index (χ0v) is 19.2. The lowest BCUT2D eigenvalue weighted by Crippen LogP contribution is -2.42. The van der Waals surface area contributed by atoms with Crippen LogP contribution in [-0.4, -0.2) is 33.1 Å². The number of benzene rings is 1. The first-order chi connectivity index (χ1) is 17.3. The Morgan fingerprint density at radius 3 is 2.72 bits per heavy atom. The summed E-state index contributed by atoms with van der Waals surface area (Å²) in [7, 11) is 0. The van der Waals surface area contributed by atoms with Crippen molar-refractivity contribution in [2.24, 2.45) is 0 Å². The Kier molecular flexibility index (Phi) is 6.10. The van der Waals surface area contributed by atoms with Crippen LogP contribution < -0.4 is 10.6 Å². The van der Waals surface area contributed by atoms with Crippen LogP contribution in [0.1, 0.15) is 47.5 Å². The van der Waals surface area contributed by atoms with Crippen LogP contribution in [0.2, 0.25) is 0 Å². The third kappa shape index (κ3) is 4.49. The van der Waals surface area contributed by atoms with Crippen LogP contribution in [-0.2, 0) is 0 Å². The van der Waals surface area contributed by atoms with Gasteiger partial charge in [-0.25, -0.2) is 18.2 Å². The SMILES string of the molecule is Cc1cc(C(=O)N[C@@H]2CCC[C@@H](Nc3nc(-c4c[nH]c5c(F)cc(F)cc45)c(C#N)cc3F)C2)no1. The third-order valence-corrected chi connectivity index (χ3v) is 6.27. The Morgan fingerprint density at radius 2 is 1.97 bits per heavy atom. The van der Waals surface area contributed by atoms with Crippen molar-refractivity contribution in [3.05, 3.63) is 64.9 Å². The van der Waals surface area contributed by atoms with E-state index in [-0.39, 0.29) is 57.2 Å². The van der Waals surface area contributed by atoms with Crippen molar-refractivity contribution in [2.75, 3.05) is 5.32 Å². The van der Waals surface area contributed by atoms with Crippen molar-refractivity contribution in [3.63, 3.8) is 0 Å². The minimum atomic E-state index is -0.786. The fourth-order valence-corrected chi connectivity index (χ4v) is 4.61. The molecule has 3 N–H and O–H groups in total. The maximum Gasteiger partial charge on any atom is 0.273 e. The summed E-state index contributed by atoms with van der Waals surface area (Å²) in [6.07, 6.45) is 4.18. The van der Waals surface area contributed by atoms with E-state index in [1.165, 1.54) is 6.20 Å². The number of carbonyl (C=O) groups excluding carboxylic acids is 1. The lowest BCUT2D eigenvalue weighted by Gasteiger charge is -2.30. The Bertz CT molecular complexity index is 1510. The molecule has 0 saturated heterocycles. The predicted molar refractivity (Wildman–Crippen MR) is 124 cm³/mol. The van der Waals surface area contributed by atoms with Crippen molar-refractivity contribution in [2.45, 2.75) is 44.7 Å². The van der Waals surface area contributed by atoms with E-state index in [1.807, 2.05) is 6.07 Å². The largest absolute Gasteiger partial charge is 0.365 e. The van der Waals surface area contributed by atoms with Gasteiger partial charge in [-0.3, -0.25) is 4.79 Å². The molecule has 1 aromatic carbocycles. The molecule has 0 aliphatic heterocycles. The van der Waals surface area contributed by atoms with Gasteiger partial charge < -0.3 is 20.1 Å². The molecule has 1 fully saturated rings. The molecule has 3 heterocycles. The zero-order chi connectivity index (χ0) is 25.4. The minimum Gasteiger partial charge on any atom is -0.365 e. The molecule has 1 saturated carbocycles. The van der Waals surface area contributed by atoms with Gasteiger partial charge in [-0.1, -0.05) is 5.16 Å². The predicted octanol–water partition coefficient (Wildman–Crippen LogP) is 4.97. The van der Waals surface area contributed by atoms with E-state index in [4.69, 9.17) is 4.52 Å². The Hall–Kier alpha value is -4.33. The number of anilines is 1. The van der Waals surface area contributed by atoms with Gasteiger partial charge in [-0.15, -0.1) is 0 Å². The standard InChI is InChI=1S/C25H21F3N6O2/c1-12-5-21(34-36-12)25(35)32-16-4-2-3-15(9-16)31-24-20(28)6-13(10-29)22(33-24)18-11-30-23-17(18)7-14(26)8-19(23)27/h5-8,11,15-16,30H,2-4,9H2,1H3,(H,31,33)(H,32,35)/t15-,16-/m1/s1. The fraction of sp³-hybridized carbons (Fsp3) is 0.280. The van der Waals surface area contributed by atoms with Crippen LogP contribution in [0.5, 0.6) is 0 Å². The highest BCUT2D eigenvalue weighted by Crippen LogP contribution is 2.34. The van der Waals surface area contributed by atoms with E-state index >= 15 is 0 Å². The molecule has 0 unspecified atom stereocenters. The van der Waals surface area contributed by atoms with Gasteiger partial charge in [0.05, 0.1) is 16.8 Å². The average molecular weight is 494 g/mol. The summed E-state index contributed by atoms with van der Waals surface area (Å²) in [4.78, 5) is 19.5. The van der Waals surface area contributed by atoms with Gasteiger partial charge in [0.25, 0.3) is 5.91 Å². The van der Waals surface area contributed by atoms with Crippen molar-refractivity contribution >= 4 is 22.6 Å². The molecule has 11 heteroatoms. The van der Waals surface area contributed by atoms with Crippen molar-refractivity contribution in [1.82, 2.24) is 20.4 Å². The molecule has 2 atom stereocenters. The monoisotopic (exact) mass is 494 g/mol. The summed E-state index contributed by atoms with van der Waals surface area (Å²) >= 11 is 0. The number of hydrogen-bond acceptors (Lipinski definition) is 6. The normalized spacial score (nSPS) is 17.6. The van der Waals surface area contributed by atoms with Crippen molar-refractivity contribution in [3.8, 4) is 17.3 Å². The minimum absolute atomic E-state index is 0.0593. The number of rotatable bonds is 5. The number of halogens is 3. The molecule has 3 aromatic heterocycles. The molecular weight excluding hydrogens is 473 g/mol. The number of pyridine rings is 1. The number of H-pyrrole nitrogens is 1. The first kappa shape index (κ1) is 23.4. The third-order valence-electron chi connectivity index (χ3n) is 6.27. The molecule has 1 amide bonds. The second-order valence-electron chi connectivity index (χ2n) is 8.84. The van der Waals surface area contributed by atoms with Gasteiger partial charge >= 0.3 is 0 Å². The van der Waals surface area contributed by atoms with Crippen LogP contribution in [0, 0.1) is 35.7 Å². The maximum absolute atomic E-state index is 14.9. The molecule has 0 bridgehead atoms. The van der Waals surface area contributed by atoms with Crippen molar-refractivity contribution < 1.29 is 22.5 Å². The second kappa shape index (κ2) is 9.37. The molecule has 1 aliphatic carbocycles. The van der Waals surface area contributed by atoms with Crippen LogP contribution in [0.15, 0.2) is 35.0 Å². The van der Waals surface area contributed by atoms with Gasteiger partial charge in [-0.05, 0) is 44.7 Å². The van der Waals surface area contributed by atoms with Crippen LogP contribution in [0.3, 0.4) is 0 Å². The van der Waals surface area contributed by atoms with Gasteiger partial charge in [0.1, 0.15) is 23.5 Å². The molecule has 1 aliphatic rings. The van der Waals surface area contributed by atoms with Gasteiger partial charge in [0.15, 0.2) is 17.3 Å². The number of nitrogens with one attached hydrogen (secondary N) is 3. The quantitative estimate of drug-likeness (QED) is 0.360. The topological polar surface area (TPSA) is 120 Å². The van der Waals surface area contributed by atoms with E-state index in [1.54, 1.807) is 13.0 Å². The number of fused-ring (bicyclic) bond motifs is 1. The lowest BCUT2D eigenvalue weighted by atomic mass is 9.90. The molecule has 5 rings (SSSR count). The summed E-state index contributed by atoms with van der Waals surface area (Å²) in [6, 6.07) is 6.02. The highest BCUT2D eigenvalue weighted by molar-refractivity contribution is 5.96. The Morgan fingerprint density at radius 1 is 1.17 bits per heavy atom. The maximum atomic E-state index is 14.9. The number of aromatic amines is 1. The van der Waals surface area contributed by atoms with Crippen LogP contribution >= 0.6 is 0 Å². The van der Waals surface area contributed by atoms with E-state index in [9.17, 15) is 23.2 Å². The zero-order valence-electron chi connectivity index (χ0n) is 19.2. The number of carbonyl (C=O) groups is 1. The van der Waals surface area contributed by atoms with E-state index < -0.39 is 17.5 Å². The van der Waals surface area contributed by atoms with Gasteiger partial charge in [-0.2, -0.15) is 5.26 Å². The lowest BCUT2D eigenvalue weighted by molar-refractivity contribution is 0.0917. The molecule has 184 valence electrons. The van der Waals surface area contributed by atoms with Crippen LogP contribution in [0.25, 0.3) is 22.2 Å². The smallest absolute Gasteiger partial charge is 0.273 e. The second-order valence-corrected chi connectivity index (χ2v) is 8.84. The number of hydrogen-bond donors (Lipinski definition) is 3. The average Bonchev–Trinajstić information content (AvgIpc) is 3.47. The first-order valence-electron chi connectivity index (χ1n) is 11.4. The Labute approximate surface area is 203 Å². The van der Waals surface area contributed by atoms with Crippen LogP contribution in [0.4, 0.5) is 19.0 Å². The number of nitrogens with zero attached hydrogens (tertiary/aromatic N) is 3. The number of aromatic nitrogens is 3. The molecule has 0 spiro atoms. The summed E-state index contributed by atoms with van der Waals surface area (Å²) in [5.74, 6) is -2.19. The fourth-order valence-electron chi connectivity index (χ4n) is 4.61. The van der Waals surface area contributed by atoms with Gasteiger partial charge in [0.2, 0.25) is 0 Å². The molecule has 4 aromatic rings. The summed E-state index contributed by atoms with van der Waals surface area (Å²) in [6.45, 7) is 1.70. The molecule has 0 radical (unpaired) electrons. The molecular formula is C25H21F3N6O2. The highest BCUT2D eigenvalue weighted by atomic mass is 19.1. The van der Waals surface area contributed by atoms with Crippen molar-refractivity contribution in [1.29, 1.82) is 5.26 Å². The van der Waals surface area contributed by atoms with E-state index in [2.05, 4.69) is 25.8 Å². The summed E-state index contributed by atoms with van der Waals surface area (Å²) in [5.41, 5.74) is 0.558. The first-order valence-corrected chi connectivity index (χ1v) is 11.4. The Balaban J connectivity index is 1.39. The summed E-state index contributed by atoms with van der Waals surface area (Å²) < 4.78 is 47.9. The number of amides is 1. The van der Waals surface area contributed by atoms with E-state index in [0.717, 1.165) is 37.5 Å².